The fourth-order valence-corrected chi connectivity index (χ4v) is 4.23. The smallest absolute Gasteiger partial charge is 0.321 e. The molecule has 0 aromatic heterocycles. The fourth-order valence-electron chi connectivity index (χ4n) is 4.23. The molecule has 0 radical (unpaired) electrons. The van der Waals surface area contributed by atoms with Gasteiger partial charge in [-0.25, -0.2) is 4.79 Å². The minimum Gasteiger partial charge on any atom is -0.352 e. The third kappa shape index (κ3) is 5.37. The van der Waals surface area contributed by atoms with Gasteiger partial charge in [-0.2, -0.15) is 0 Å². The lowest BCUT2D eigenvalue weighted by Gasteiger charge is -2.37. The molecule has 27 heavy (non-hydrogen) atoms. The van der Waals surface area contributed by atoms with Crippen molar-refractivity contribution in [3.63, 3.8) is 0 Å². The molecule has 0 aliphatic carbocycles. The number of hydrogen-bond donors (Lipinski definition) is 2. The topological polar surface area (TPSA) is 60.0 Å². The summed E-state index contributed by atoms with van der Waals surface area (Å²) in [5.74, 6) is 2.34. The van der Waals surface area contributed by atoms with Gasteiger partial charge in [0.15, 0.2) is 5.96 Å². The molecule has 2 amide bonds. The Morgan fingerprint density at radius 1 is 1.15 bits per heavy atom. The molecule has 2 N–H and O–H groups in total. The van der Waals surface area contributed by atoms with Gasteiger partial charge in [-0.1, -0.05) is 26.0 Å². The molecule has 6 nitrogen and oxygen atoms in total. The number of carbonyl (C=O) groups excluding carboxylic acids is 1. The monoisotopic (exact) mass is 371 g/mol. The van der Waals surface area contributed by atoms with Gasteiger partial charge < -0.3 is 20.4 Å². The summed E-state index contributed by atoms with van der Waals surface area (Å²) >= 11 is 0. The van der Waals surface area contributed by atoms with Crippen molar-refractivity contribution in [1.82, 2.24) is 15.1 Å². The van der Waals surface area contributed by atoms with Gasteiger partial charge in [-0.15, -0.1) is 0 Å². The van der Waals surface area contributed by atoms with Crippen LogP contribution in [0.3, 0.4) is 0 Å². The summed E-state index contributed by atoms with van der Waals surface area (Å²) in [5.41, 5.74) is 1.98. The summed E-state index contributed by atoms with van der Waals surface area (Å²) in [4.78, 5) is 21.0. The molecule has 0 saturated carbocycles. The number of nitrogens with one attached hydrogen (secondary N) is 2. The number of benzene rings is 1. The van der Waals surface area contributed by atoms with E-state index in [2.05, 4.69) is 40.4 Å². The second-order valence-corrected chi connectivity index (χ2v) is 8.08. The third-order valence-electron chi connectivity index (χ3n) is 5.40. The average Bonchev–Trinajstić information content (AvgIpc) is 3.17. The van der Waals surface area contributed by atoms with Gasteiger partial charge in [0.25, 0.3) is 0 Å². The van der Waals surface area contributed by atoms with Crippen LogP contribution in [0.25, 0.3) is 0 Å². The summed E-state index contributed by atoms with van der Waals surface area (Å²) in [6, 6.07) is 8.05. The average molecular weight is 372 g/mol. The molecule has 2 unspecified atom stereocenters. The molecule has 0 spiro atoms. The van der Waals surface area contributed by atoms with Crippen LogP contribution in [0.15, 0.2) is 29.3 Å². The molecular weight excluding hydrogens is 338 g/mol. The second-order valence-electron chi connectivity index (χ2n) is 8.08. The lowest BCUT2D eigenvalue weighted by molar-refractivity contribution is 0.208. The third-order valence-corrected chi connectivity index (χ3v) is 5.40. The maximum absolute atomic E-state index is 12.3. The number of rotatable bonds is 3. The normalized spacial score (nSPS) is 23.4. The van der Waals surface area contributed by atoms with Gasteiger partial charge in [0.2, 0.25) is 0 Å². The van der Waals surface area contributed by atoms with Gasteiger partial charge in [0.05, 0.1) is 0 Å². The van der Waals surface area contributed by atoms with Crippen molar-refractivity contribution in [3.05, 3.63) is 29.8 Å². The zero-order chi connectivity index (χ0) is 19.2. The van der Waals surface area contributed by atoms with Crippen molar-refractivity contribution in [3.8, 4) is 0 Å². The SMILES string of the molecule is CN=C(NCc1cccc(NC(=O)N2CCCC2)c1)N1CC(C)CC(C)C1. The molecule has 6 heteroatoms. The van der Waals surface area contributed by atoms with Crippen LogP contribution in [0.2, 0.25) is 0 Å². The number of amides is 2. The van der Waals surface area contributed by atoms with Crippen LogP contribution in [0, 0.1) is 11.8 Å². The van der Waals surface area contributed by atoms with Crippen LogP contribution < -0.4 is 10.6 Å². The summed E-state index contributed by atoms with van der Waals surface area (Å²) in [5, 5.41) is 6.50. The molecule has 3 rings (SSSR count). The van der Waals surface area contributed by atoms with Crippen LogP contribution in [0.5, 0.6) is 0 Å². The Hall–Kier alpha value is -2.24. The first kappa shape index (κ1) is 19.5. The Balaban J connectivity index is 1.56. The maximum Gasteiger partial charge on any atom is 0.321 e. The van der Waals surface area contributed by atoms with Crippen molar-refractivity contribution in [2.45, 2.75) is 39.7 Å². The molecular formula is C21H33N5O. The maximum atomic E-state index is 12.3. The molecule has 2 aliphatic heterocycles. The van der Waals surface area contributed by atoms with E-state index in [1.54, 1.807) is 0 Å². The highest BCUT2D eigenvalue weighted by Crippen LogP contribution is 2.21. The van der Waals surface area contributed by atoms with E-state index in [0.717, 1.165) is 56.2 Å². The van der Waals surface area contributed by atoms with Crippen molar-refractivity contribution >= 4 is 17.7 Å². The van der Waals surface area contributed by atoms with E-state index in [4.69, 9.17) is 0 Å². The van der Waals surface area contributed by atoms with Crippen molar-refractivity contribution in [1.29, 1.82) is 0 Å². The predicted octanol–water partition coefficient (Wildman–Crippen LogP) is 3.37. The number of nitrogens with zero attached hydrogens (tertiary/aromatic N) is 3. The second kappa shape index (κ2) is 9.11. The Kier molecular flexibility index (Phi) is 6.58. The fraction of sp³-hybridized carbons (Fsp3) is 0.619. The van der Waals surface area contributed by atoms with Crippen molar-refractivity contribution in [2.75, 3.05) is 38.5 Å². The van der Waals surface area contributed by atoms with Gasteiger partial charge in [0.1, 0.15) is 0 Å². The first-order valence-electron chi connectivity index (χ1n) is 10.2. The van der Waals surface area contributed by atoms with Crippen molar-refractivity contribution < 1.29 is 4.79 Å². The van der Waals surface area contributed by atoms with Gasteiger partial charge in [0, 0.05) is 45.5 Å². The lowest BCUT2D eigenvalue weighted by atomic mass is 9.92. The summed E-state index contributed by atoms with van der Waals surface area (Å²) in [6.07, 6.45) is 3.49. The Morgan fingerprint density at radius 2 is 1.85 bits per heavy atom. The van der Waals surface area contributed by atoms with E-state index in [1.807, 2.05) is 30.1 Å². The van der Waals surface area contributed by atoms with E-state index in [9.17, 15) is 4.79 Å². The lowest BCUT2D eigenvalue weighted by Crippen LogP contribution is -2.48. The zero-order valence-electron chi connectivity index (χ0n) is 16.9. The van der Waals surface area contributed by atoms with Gasteiger partial charge >= 0.3 is 6.03 Å². The molecule has 0 bridgehead atoms. The number of aliphatic imine (C=N–C) groups is 1. The molecule has 2 atom stereocenters. The Bertz CT molecular complexity index is 658. The molecule has 148 valence electrons. The van der Waals surface area contributed by atoms with E-state index in [-0.39, 0.29) is 6.03 Å². The van der Waals surface area contributed by atoms with Crippen LogP contribution >= 0.6 is 0 Å². The van der Waals surface area contributed by atoms with E-state index >= 15 is 0 Å². The van der Waals surface area contributed by atoms with Crippen LogP contribution in [-0.2, 0) is 6.54 Å². The minimum atomic E-state index is 0.00436. The first-order chi connectivity index (χ1) is 13.0. The summed E-state index contributed by atoms with van der Waals surface area (Å²) < 4.78 is 0. The quantitative estimate of drug-likeness (QED) is 0.633. The first-order valence-corrected chi connectivity index (χ1v) is 10.2. The molecule has 2 saturated heterocycles. The molecule has 2 heterocycles. The molecule has 2 aliphatic rings. The molecule has 2 fully saturated rings. The number of urea groups is 1. The van der Waals surface area contributed by atoms with Gasteiger partial charge in [-0.05, 0) is 48.8 Å². The number of hydrogen-bond acceptors (Lipinski definition) is 2. The standard InChI is InChI=1S/C21H33N5O/c1-16-11-17(2)15-26(14-16)20(22-3)23-13-18-7-6-8-19(12-18)24-21(27)25-9-4-5-10-25/h6-8,12,16-17H,4-5,9-11,13-15H2,1-3H3,(H,22,23)(H,24,27). The summed E-state index contributed by atoms with van der Waals surface area (Å²) in [7, 11) is 1.85. The van der Waals surface area contributed by atoms with E-state index < -0.39 is 0 Å². The summed E-state index contributed by atoms with van der Waals surface area (Å²) in [6.45, 7) is 9.13. The van der Waals surface area contributed by atoms with Crippen LogP contribution in [0.4, 0.5) is 10.5 Å². The number of carbonyl (C=O) groups is 1. The number of likely N-dealkylation sites (tertiary alicyclic amines) is 2. The minimum absolute atomic E-state index is 0.00436. The molecule has 1 aromatic carbocycles. The van der Waals surface area contributed by atoms with Crippen LogP contribution in [-0.4, -0.2) is 55.0 Å². The Labute approximate surface area is 163 Å². The zero-order valence-corrected chi connectivity index (χ0v) is 16.9. The highest BCUT2D eigenvalue weighted by molar-refractivity contribution is 5.89. The number of piperidine rings is 1. The Morgan fingerprint density at radius 3 is 2.52 bits per heavy atom. The van der Waals surface area contributed by atoms with Crippen LogP contribution in [0.1, 0.15) is 38.7 Å². The molecule has 1 aromatic rings. The highest BCUT2D eigenvalue weighted by Gasteiger charge is 2.24. The number of guanidine groups is 1. The largest absolute Gasteiger partial charge is 0.352 e. The van der Waals surface area contributed by atoms with Crippen molar-refractivity contribution in [2.24, 2.45) is 16.8 Å². The predicted molar refractivity (Wildman–Crippen MR) is 111 cm³/mol. The van der Waals surface area contributed by atoms with E-state index in [1.165, 1.54) is 6.42 Å². The van der Waals surface area contributed by atoms with E-state index in [0.29, 0.717) is 18.4 Å². The highest BCUT2D eigenvalue weighted by atomic mass is 16.2. The van der Waals surface area contributed by atoms with Gasteiger partial charge in [-0.3, -0.25) is 4.99 Å². The number of anilines is 1.